The third-order valence-corrected chi connectivity index (χ3v) is 3.10. The van der Waals surface area contributed by atoms with Gasteiger partial charge in [0.05, 0.1) is 5.56 Å². The highest BCUT2D eigenvalue weighted by atomic mass is 79.9. The summed E-state index contributed by atoms with van der Waals surface area (Å²) in [5.41, 5.74) is 0.583. The minimum absolute atomic E-state index is 0.182. The molecule has 0 radical (unpaired) electrons. The Morgan fingerprint density at radius 1 is 1.50 bits per heavy atom. The summed E-state index contributed by atoms with van der Waals surface area (Å²) in [6.45, 7) is 1.92. The molecule has 4 heteroatoms. The van der Waals surface area contributed by atoms with Crippen LogP contribution in [0.4, 0.5) is 0 Å². The zero-order valence-electron chi connectivity index (χ0n) is 8.87. The van der Waals surface area contributed by atoms with E-state index < -0.39 is 0 Å². The molecule has 0 saturated carbocycles. The Labute approximate surface area is 104 Å². The minimum atomic E-state index is 0.182. The number of rotatable bonds is 2. The molecule has 2 rings (SSSR count). The molecular formula is C12H13BrN2O. The molecule has 0 aliphatic carbocycles. The molecule has 1 aliphatic rings. The van der Waals surface area contributed by atoms with Gasteiger partial charge in [-0.05, 0) is 37.6 Å². The summed E-state index contributed by atoms with van der Waals surface area (Å²) in [4.78, 5) is 0. The lowest BCUT2D eigenvalue weighted by Gasteiger charge is -2.24. The second kappa shape index (κ2) is 5.33. The van der Waals surface area contributed by atoms with Crippen LogP contribution in [0.3, 0.4) is 0 Å². The van der Waals surface area contributed by atoms with Crippen molar-refractivity contribution in [2.75, 3.05) is 13.1 Å². The monoisotopic (exact) mass is 280 g/mol. The minimum Gasteiger partial charge on any atom is -0.488 e. The molecule has 1 atom stereocenters. The zero-order chi connectivity index (χ0) is 11.4. The smallest absolute Gasteiger partial charge is 0.137 e. The van der Waals surface area contributed by atoms with E-state index in [1.54, 1.807) is 6.07 Å². The molecule has 1 fully saturated rings. The maximum Gasteiger partial charge on any atom is 0.137 e. The van der Waals surface area contributed by atoms with Gasteiger partial charge in [-0.15, -0.1) is 0 Å². The highest BCUT2D eigenvalue weighted by Gasteiger charge is 2.16. The highest BCUT2D eigenvalue weighted by Crippen LogP contribution is 2.24. The van der Waals surface area contributed by atoms with Crippen LogP contribution in [0.15, 0.2) is 22.7 Å². The van der Waals surface area contributed by atoms with Gasteiger partial charge >= 0.3 is 0 Å². The first-order valence-corrected chi connectivity index (χ1v) is 6.16. The van der Waals surface area contributed by atoms with Gasteiger partial charge in [0.2, 0.25) is 0 Å². The second-order valence-electron chi connectivity index (χ2n) is 3.84. The summed E-state index contributed by atoms with van der Waals surface area (Å²) in [6.07, 6.45) is 2.36. The van der Waals surface area contributed by atoms with Crippen LogP contribution in [0.2, 0.25) is 0 Å². The van der Waals surface area contributed by atoms with Gasteiger partial charge in [-0.1, -0.05) is 15.9 Å². The third kappa shape index (κ3) is 2.75. The number of nitrogens with zero attached hydrogens (tertiary/aromatic N) is 1. The van der Waals surface area contributed by atoms with E-state index in [-0.39, 0.29) is 6.10 Å². The van der Waals surface area contributed by atoms with Gasteiger partial charge in [0.1, 0.15) is 17.9 Å². The molecule has 0 spiro atoms. The molecule has 1 N–H and O–H groups in total. The largest absolute Gasteiger partial charge is 0.488 e. The van der Waals surface area contributed by atoms with E-state index in [1.807, 2.05) is 12.1 Å². The van der Waals surface area contributed by atoms with Crippen LogP contribution in [-0.2, 0) is 0 Å². The van der Waals surface area contributed by atoms with Crippen LogP contribution >= 0.6 is 15.9 Å². The van der Waals surface area contributed by atoms with Gasteiger partial charge in [0.25, 0.3) is 0 Å². The number of nitrogens with one attached hydrogen (secondary N) is 1. The predicted octanol–water partition coefficient (Wildman–Crippen LogP) is 2.45. The van der Waals surface area contributed by atoms with Crippen molar-refractivity contribution in [1.82, 2.24) is 5.32 Å². The van der Waals surface area contributed by atoms with Crippen molar-refractivity contribution in [3.8, 4) is 11.8 Å². The van der Waals surface area contributed by atoms with Crippen LogP contribution in [0, 0.1) is 11.3 Å². The maximum atomic E-state index is 9.01. The van der Waals surface area contributed by atoms with Gasteiger partial charge in [-0.2, -0.15) is 5.26 Å². The van der Waals surface area contributed by atoms with E-state index in [4.69, 9.17) is 10.00 Å². The molecule has 0 amide bonds. The Kier molecular flexibility index (Phi) is 3.81. The first-order valence-electron chi connectivity index (χ1n) is 5.36. The van der Waals surface area contributed by atoms with E-state index >= 15 is 0 Å². The number of ether oxygens (including phenoxy) is 1. The lowest BCUT2D eigenvalue weighted by atomic mass is 10.1. The fourth-order valence-corrected chi connectivity index (χ4v) is 2.15. The number of hydrogen-bond donors (Lipinski definition) is 1. The van der Waals surface area contributed by atoms with Gasteiger partial charge in [0, 0.05) is 11.0 Å². The fourth-order valence-electron chi connectivity index (χ4n) is 1.79. The average Bonchev–Trinajstić information content (AvgIpc) is 2.33. The quantitative estimate of drug-likeness (QED) is 0.905. The Morgan fingerprint density at radius 3 is 3.06 bits per heavy atom. The Morgan fingerprint density at radius 2 is 2.38 bits per heavy atom. The van der Waals surface area contributed by atoms with E-state index in [9.17, 15) is 0 Å². The molecule has 1 aromatic carbocycles. The lowest BCUT2D eigenvalue weighted by Crippen LogP contribution is -2.37. The van der Waals surface area contributed by atoms with Gasteiger partial charge in [-0.25, -0.2) is 0 Å². The third-order valence-electron chi connectivity index (χ3n) is 2.61. The normalized spacial score (nSPS) is 20.1. The van der Waals surface area contributed by atoms with Crippen molar-refractivity contribution >= 4 is 15.9 Å². The maximum absolute atomic E-state index is 9.01. The lowest BCUT2D eigenvalue weighted by molar-refractivity contribution is 0.166. The van der Waals surface area contributed by atoms with Gasteiger partial charge in [0.15, 0.2) is 0 Å². The van der Waals surface area contributed by atoms with E-state index in [1.165, 1.54) is 0 Å². The summed E-state index contributed by atoms with van der Waals surface area (Å²) >= 11 is 3.34. The molecule has 0 bridgehead atoms. The van der Waals surface area contributed by atoms with Crippen molar-refractivity contribution in [2.45, 2.75) is 18.9 Å². The number of benzene rings is 1. The average molecular weight is 281 g/mol. The first kappa shape index (κ1) is 11.4. The van der Waals surface area contributed by atoms with Crippen LogP contribution in [0.1, 0.15) is 18.4 Å². The van der Waals surface area contributed by atoms with Crippen LogP contribution < -0.4 is 10.1 Å². The number of halogens is 1. The summed E-state index contributed by atoms with van der Waals surface area (Å²) in [6, 6.07) is 7.67. The summed E-state index contributed by atoms with van der Waals surface area (Å²) in [5.74, 6) is 0.680. The van der Waals surface area contributed by atoms with Crippen LogP contribution in [-0.4, -0.2) is 19.2 Å². The topological polar surface area (TPSA) is 45.0 Å². The van der Waals surface area contributed by atoms with E-state index in [0.29, 0.717) is 11.3 Å². The number of piperidine rings is 1. The summed E-state index contributed by atoms with van der Waals surface area (Å²) < 4.78 is 6.73. The molecular weight excluding hydrogens is 268 g/mol. The Bertz CT molecular complexity index is 408. The molecule has 1 aliphatic heterocycles. The summed E-state index contributed by atoms with van der Waals surface area (Å²) in [7, 11) is 0. The van der Waals surface area contributed by atoms with Crippen molar-refractivity contribution in [2.24, 2.45) is 0 Å². The number of nitriles is 1. The molecule has 1 saturated heterocycles. The van der Waals surface area contributed by atoms with Gasteiger partial charge in [-0.3, -0.25) is 0 Å². The Balaban J connectivity index is 2.11. The Hall–Kier alpha value is -1.05. The fraction of sp³-hybridized carbons (Fsp3) is 0.417. The van der Waals surface area contributed by atoms with E-state index in [0.717, 1.165) is 30.4 Å². The molecule has 0 aromatic heterocycles. The first-order chi connectivity index (χ1) is 7.79. The zero-order valence-corrected chi connectivity index (χ0v) is 10.5. The van der Waals surface area contributed by atoms with Crippen LogP contribution in [0.5, 0.6) is 5.75 Å². The van der Waals surface area contributed by atoms with Crippen LogP contribution in [0.25, 0.3) is 0 Å². The number of hydrogen-bond acceptors (Lipinski definition) is 3. The predicted molar refractivity (Wildman–Crippen MR) is 65.4 cm³/mol. The standard InChI is InChI=1S/C12H13BrN2O/c13-10-3-4-12(9(6-10)7-14)16-11-2-1-5-15-8-11/h3-4,6,11,15H,1-2,5,8H2. The van der Waals surface area contributed by atoms with E-state index in [2.05, 4.69) is 27.3 Å². The SMILES string of the molecule is N#Cc1cc(Br)ccc1OC1CCCNC1. The molecule has 3 nitrogen and oxygen atoms in total. The molecule has 84 valence electrons. The molecule has 16 heavy (non-hydrogen) atoms. The summed E-state index contributed by atoms with van der Waals surface area (Å²) in [5, 5.41) is 12.3. The van der Waals surface area contributed by atoms with Crippen molar-refractivity contribution < 1.29 is 4.74 Å². The second-order valence-corrected chi connectivity index (χ2v) is 4.75. The van der Waals surface area contributed by atoms with Gasteiger partial charge < -0.3 is 10.1 Å². The molecule has 1 aromatic rings. The highest BCUT2D eigenvalue weighted by molar-refractivity contribution is 9.10. The van der Waals surface area contributed by atoms with Crippen molar-refractivity contribution in [3.63, 3.8) is 0 Å². The molecule has 1 unspecified atom stereocenters. The molecule has 1 heterocycles. The van der Waals surface area contributed by atoms with Crippen molar-refractivity contribution in [1.29, 1.82) is 5.26 Å². The van der Waals surface area contributed by atoms with Crippen molar-refractivity contribution in [3.05, 3.63) is 28.2 Å².